The first-order valence-corrected chi connectivity index (χ1v) is 21.0. The fourth-order valence-corrected chi connectivity index (χ4v) is 6.22. The molecule has 6 rings (SSSR count). The molecule has 0 bridgehead atoms. The van der Waals surface area contributed by atoms with Crippen LogP contribution in [0.15, 0.2) is 79.3 Å². The molecule has 11 nitrogen and oxygen atoms in total. The highest BCUT2D eigenvalue weighted by Crippen LogP contribution is 2.38. The largest absolute Gasteiger partial charge is 0.497 e. The zero-order valence-electron chi connectivity index (χ0n) is 30.2. The summed E-state index contributed by atoms with van der Waals surface area (Å²) in [6.45, 7) is 11.4. The minimum absolute atomic E-state index is 0.201. The van der Waals surface area contributed by atoms with Gasteiger partial charge in [-0.2, -0.15) is 9.97 Å². The Hall–Kier alpha value is -5.20. The second-order valence-corrected chi connectivity index (χ2v) is 19.1. The van der Waals surface area contributed by atoms with Gasteiger partial charge >= 0.3 is 0 Å². The Labute approximate surface area is 300 Å². The number of methoxy groups -OCH3 is 1. The number of hydrogen-bond acceptors (Lipinski definition) is 10. The van der Waals surface area contributed by atoms with Crippen molar-refractivity contribution < 1.29 is 23.7 Å². The van der Waals surface area contributed by atoms with Gasteiger partial charge in [-0.15, -0.1) is 0 Å². The van der Waals surface area contributed by atoms with Crippen molar-refractivity contribution >= 4 is 36.0 Å². The van der Waals surface area contributed by atoms with Gasteiger partial charge in [0.15, 0.2) is 5.65 Å². The van der Waals surface area contributed by atoms with Gasteiger partial charge in [0.25, 0.3) is 0 Å². The van der Waals surface area contributed by atoms with E-state index < -0.39 is 8.07 Å². The summed E-state index contributed by atoms with van der Waals surface area (Å²) in [5.41, 5.74) is 5.20. The Morgan fingerprint density at radius 1 is 0.824 bits per heavy atom. The topological polar surface area (TPSA) is 115 Å². The molecule has 0 aliphatic rings. The summed E-state index contributed by atoms with van der Waals surface area (Å²) in [6, 6.07) is 20.8. The second kappa shape index (κ2) is 16.2. The van der Waals surface area contributed by atoms with Gasteiger partial charge < -0.3 is 33.6 Å². The van der Waals surface area contributed by atoms with Crippen LogP contribution < -0.4 is 24.3 Å². The maximum atomic E-state index is 6.45. The van der Waals surface area contributed by atoms with Gasteiger partial charge in [0.1, 0.15) is 37.2 Å². The number of benzene rings is 2. The molecule has 6 aromatic rings. The van der Waals surface area contributed by atoms with E-state index in [-0.39, 0.29) is 6.61 Å². The summed E-state index contributed by atoms with van der Waals surface area (Å²) < 4.78 is 31.9. The highest BCUT2D eigenvalue weighted by atomic mass is 28.3. The van der Waals surface area contributed by atoms with Crippen LogP contribution in [0.25, 0.3) is 33.1 Å². The normalized spacial score (nSPS) is 11.6. The van der Waals surface area contributed by atoms with Crippen LogP contribution in [0.1, 0.15) is 24.6 Å². The monoisotopic (exact) mass is 706 g/mol. The van der Waals surface area contributed by atoms with Crippen molar-refractivity contribution in [2.75, 3.05) is 32.7 Å². The lowest BCUT2D eigenvalue weighted by Gasteiger charge is -2.15. The van der Waals surface area contributed by atoms with E-state index in [4.69, 9.17) is 33.7 Å². The lowest BCUT2D eigenvalue weighted by Crippen LogP contribution is -2.22. The average Bonchev–Trinajstić information content (AvgIpc) is 3.52. The number of nitrogens with zero attached hydrogens (tertiary/aromatic N) is 5. The highest BCUT2D eigenvalue weighted by molar-refractivity contribution is 6.76. The van der Waals surface area contributed by atoms with Gasteiger partial charge in [-0.3, -0.25) is 9.97 Å². The summed E-state index contributed by atoms with van der Waals surface area (Å²) >= 11 is 0. The third-order valence-corrected chi connectivity index (χ3v) is 9.99. The standard InChI is InChI=1S/C39H46N6O5Si/c1-7-16-48-32-14-15-41-30(21-32)25-50-38-36-34(23-45(26-47-17-18-51(4,5)6)37(36)43-39(40-2)44-38)28-10-13-35-29(19-28)20-33(22-42-35)49-24-27-8-11-31(46-3)12-9-27/h8-15,19-23H,7,16-18,24-26H2,1-6H3,(H,40,43,44). The molecule has 0 aliphatic carbocycles. The van der Waals surface area contributed by atoms with Gasteiger partial charge in [0, 0.05) is 51.1 Å². The minimum atomic E-state index is -1.26. The van der Waals surface area contributed by atoms with Crippen LogP contribution in [0.5, 0.6) is 23.1 Å². The average molecular weight is 707 g/mol. The van der Waals surface area contributed by atoms with E-state index in [1.165, 1.54) is 0 Å². The van der Waals surface area contributed by atoms with Crippen LogP contribution in [0.4, 0.5) is 5.95 Å². The van der Waals surface area contributed by atoms with Gasteiger partial charge in [-0.25, -0.2) is 0 Å². The molecule has 0 spiro atoms. The second-order valence-electron chi connectivity index (χ2n) is 13.5. The maximum absolute atomic E-state index is 6.45. The number of hydrogen-bond donors (Lipinski definition) is 1. The lowest BCUT2D eigenvalue weighted by atomic mass is 10.0. The van der Waals surface area contributed by atoms with Crippen molar-refractivity contribution in [3.63, 3.8) is 0 Å². The molecule has 12 heteroatoms. The Kier molecular flexibility index (Phi) is 11.3. The van der Waals surface area contributed by atoms with E-state index in [0.29, 0.717) is 49.8 Å². The number of nitrogens with one attached hydrogen (secondary N) is 1. The van der Waals surface area contributed by atoms with E-state index in [0.717, 1.165) is 62.6 Å². The fraction of sp³-hybridized carbons (Fsp3) is 0.333. The number of ether oxygens (including phenoxy) is 5. The molecule has 0 unspecified atom stereocenters. The Morgan fingerprint density at radius 3 is 2.43 bits per heavy atom. The van der Waals surface area contributed by atoms with Crippen molar-refractivity contribution in [1.29, 1.82) is 0 Å². The summed E-state index contributed by atoms with van der Waals surface area (Å²) in [4.78, 5) is 18.9. The van der Waals surface area contributed by atoms with Crippen molar-refractivity contribution in [3.05, 3.63) is 90.5 Å². The molecule has 0 saturated carbocycles. The predicted octanol–water partition coefficient (Wildman–Crippen LogP) is 8.35. The van der Waals surface area contributed by atoms with Crippen LogP contribution in [-0.2, 0) is 24.7 Å². The van der Waals surface area contributed by atoms with Crippen LogP contribution >= 0.6 is 0 Å². The molecular formula is C39H46N6O5Si. The third kappa shape index (κ3) is 9.13. The molecular weight excluding hydrogens is 661 g/mol. The molecule has 51 heavy (non-hydrogen) atoms. The molecule has 4 heterocycles. The van der Waals surface area contributed by atoms with E-state index in [2.05, 4.69) is 60.2 Å². The smallest absolute Gasteiger partial charge is 0.228 e. The Morgan fingerprint density at radius 2 is 1.67 bits per heavy atom. The number of fused-ring (bicyclic) bond motifs is 2. The van der Waals surface area contributed by atoms with Gasteiger partial charge in [-0.1, -0.05) is 44.8 Å². The fourth-order valence-electron chi connectivity index (χ4n) is 5.46. The minimum Gasteiger partial charge on any atom is -0.497 e. The summed E-state index contributed by atoms with van der Waals surface area (Å²) in [6.07, 6.45) is 6.47. The first-order valence-electron chi connectivity index (χ1n) is 17.3. The first kappa shape index (κ1) is 35.6. The molecule has 0 atom stereocenters. The molecule has 0 radical (unpaired) electrons. The zero-order valence-corrected chi connectivity index (χ0v) is 31.2. The predicted molar refractivity (Wildman–Crippen MR) is 204 cm³/mol. The summed E-state index contributed by atoms with van der Waals surface area (Å²) in [5.74, 6) is 3.13. The van der Waals surface area contributed by atoms with E-state index in [1.807, 2.05) is 53.1 Å². The van der Waals surface area contributed by atoms with Gasteiger partial charge in [-0.05, 0) is 60.0 Å². The highest BCUT2D eigenvalue weighted by Gasteiger charge is 2.21. The number of aromatic nitrogens is 5. The number of anilines is 1. The zero-order chi connectivity index (χ0) is 35.8. The van der Waals surface area contributed by atoms with Gasteiger partial charge in [0.05, 0.1) is 36.5 Å². The third-order valence-electron chi connectivity index (χ3n) is 8.28. The molecule has 1 N–H and O–H groups in total. The van der Waals surface area contributed by atoms with Crippen LogP contribution in [0.2, 0.25) is 25.7 Å². The van der Waals surface area contributed by atoms with Crippen molar-refractivity contribution in [1.82, 2.24) is 24.5 Å². The molecule has 0 fully saturated rings. The summed E-state index contributed by atoms with van der Waals surface area (Å²) in [5, 5.41) is 4.82. The number of pyridine rings is 2. The van der Waals surface area contributed by atoms with Gasteiger partial charge in [0.2, 0.25) is 11.8 Å². The van der Waals surface area contributed by atoms with Crippen LogP contribution in [0.3, 0.4) is 0 Å². The van der Waals surface area contributed by atoms with E-state index >= 15 is 0 Å². The lowest BCUT2D eigenvalue weighted by molar-refractivity contribution is 0.0899. The van der Waals surface area contributed by atoms with Crippen molar-refractivity contribution in [2.24, 2.45) is 0 Å². The Bertz CT molecular complexity index is 2080. The van der Waals surface area contributed by atoms with E-state index in [9.17, 15) is 0 Å². The van der Waals surface area contributed by atoms with Crippen molar-refractivity contribution in [2.45, 2.75) is 59.0 Å². The van der Waals surface area contributed by atoms with E-state index in [1.54, 1.807) is 26.6 Å². The first-order chi connectivity index (χ1) is 24.7. The quantitative estimate of drug-likeness (QED) is 0.0733. The molecule has 0 saturated heterocycles. The van der Waals surface area contributed by atoms with Crippen LogP contribution in [-0.4, -0.2) is 59.9 Å². The Balaban J connectivity index is 1.35. The molecule has 4 aromatic heterocycles. The molecule has 0 amide bonds. The van der Waals surface area contributed by atoms with Crippen molar-refractivity contribution in [3.8, 4) is 34.3 Å². The SMILES string of the molecule is CCCOc1ccnc(COc2nc(NC)nc3c2c(-c2ccc4ncc(OCc5ccc(OC)cc5)cc4c2)cn3COCC[Si](C)(C)C)c1. The number of rotatable bonds is 17. The molecule has 266 valence electrons. The summed E-state index contributed by atoms with van der Waals surface area (Å²) in [7, 11) is 2.19. The van der Waals surface area contributed by atoms with Crippen LogP contribution in [0, 0.1) is 0 Å². The molecule has 0 aliphatic heterocycles. The molecule has 2 aromatic carbocycles. The maximum Gasteiger partial charge on any atom is 0.228 e.